The Balaban J connectivity index is 1.75. The van der Waals surface area contributed by atoms with E-state index < -0.39 is 11.8 Å². The van der Waals surface area contributed by atoms with Crippen LogP contribution < -0.4 is 20.2 Å². The molecule has 0 fully saturated rings. The Morgan fingerprint density at radius 1 is 0.903 bits per heavy atom. The Labute approximate surface area is 188 Å². The van der Waals surface area contributed by atoms with Gasteiger partial charge in [-0.05, 0) is 36.4 Å². The predicted molar refractivity (Wildman–Crippen MR) is 123 cm³/mol. The molecule has 2 amide bonds. The largest absolute Gasteiger partial charge is 0.493 e. The van der Waals surface area contributed by atoms with Crippen molar-refractivity contribution >= 4 is 39.6 Å². The molecule has 0 aliphatic carbocycles. The summed E-state index contributed by atoms with van der Waals surface area (Å²) in [6.45, 7) is 0. The van der Waals surface area contributed by atoms with Crippen LogP contribution in [-0.4, -0.2) is 32.2 Å². The number of benzene rings is 3. The van der Waals surface area contributed by atoms with Crippen molar-refractivity contribution in [2.75, 3.05) is 19.5 Å². The number of para-hydroxylation sites is 1. The number of nitrogens with one attached hydrogen (secondary N) is 2. The Bertz CT molecular complexity index is 1130. The molecule has 0 aromatic heterocycles. The molecule has 3 aromatic carbocycles. The average molecular weight is 482 g/mol. The van der Waals surface area contributed by atoms with Gasteiger partial charge in [0, 0.05) is 15.6 Å². The number of amides is 2. The molecule has 0 aliphatic rings. The minimum atomic E-state index is -0.452. The first-order chi connectivity index (χ1) is 15.0. The van der Waals surface area contributed by atoms with Crippen molar-refractivity contribution < 1.29 is 19.1 Å². The zero-order valence-electron chi connectivity index (χ0n) is 16.9. The van der Waals surface area contributed by atoms with Gasteiger partial charge < -0.3 is 14.8 Å². The number of rotatable bonds is 7. The second kappa shape index (κ2) is 10.4. The standard InChI is InChI=1S/C23H20BrN3O4/c1-30-20-12-11-15(13-21(20)31-2)22(28)26-19-10-6-4-8-17(19)23(29)27-25-14-16-7-3-5-9-18(16)24/h3-14H,1-2H3,(H,26,28)(H,27,29)/b25-14+. The Hall–Kier alpha value is -3.65. The van der Waals surface area contributed by atoms with Gasteiger partial charge >= 0.3 is 0 Å². The molecule has 0 bridgehead atoms. The van der Waals surface area contributed by atoms with Gasteiger partial charge in [0.15, 0.2) is 11.5 Å². The summed E-state index contributed by atoms with van der Waals surface area (Å²) in [5.74, 6) is 0.105. The monoisotopic (exact) mass is 481 g/mol. The third-order valence-electron chi connectivity index (χ3n) is 4.34. The molecular weight excluding hydrogens is 462 g/mol. The van der Waals surface area contributed by atoms with Crippen molar-refractivity contribution in [2.45, 2.75) is 0 Å². The van der Waals surface area contributed by atoms with Crippen LogP contribution in [0.3, 0.4) is 0 Å². The molecule has 0 saturated heterocycles. The van der Waals surface area contributed by atoms with E-state index in [1.165, 1.54) is 20.4 Å². The van der Waals surface area contributed by atoms with E-state index in [4.69, 9.17) is 9.47 Å². The van der Waals surface area contributed by atoms with Crippen LogP contribution in [0.1, 0.15) is 26.3 Å². The third-order valence-corrected chi connectivity index (χ3v) is 5.06. The lowest BCUT2D eigenvalue weighted by molar-refractivity contribution is 0.0956. The molecule has 0 atom stereocenters. The van der Waals surface area contributed by atoms with Crippen LogP contribution >= 0.6 is 15.9 Å². The molecule has 0 aliphatic heterocycles. The van der Waals surface area contributed by atoms with E-state index in [0.29, 0.717) is 22.7 Å². The first kappa shape index (κ1) is 22.0. The lowest BCUT2D eigenvalue weighted by atomic mass is 10.1. The second-order valence-corrected chi connectivity index (χ2v) is 7.14. The number of carbonyl (C=O) groups is 2. The van der Waals surface area contributed by atoms with Crippen molar-refractivity contribution in [3.05, 3.63) is 87.9 Å². The Kier molecular flexibility index (Phi) is 7.40. The van der Waals surface area contributed by atoms with Gasteiger partial charge in [0.25, 0.3) is 11.8 Å². The highest BCUT2D eigenvalue weighted by atomic mass is 79.9. The molecule has 3 aromatic rings. The number of hydrogen-bond donors (Lipinski definition) is 2. The molecule has 0 unspecified atom stereocenters. The quantitative estimate of drug-likeness (QED) is 0.384. The topological polar surface area (TPSA) is 89.0 Å². The van der Waals surface area contributed by atoms with Gasteiger partial charge in [-0.25, -0.2) is 5.43 Å². The zero-order valence-corrected chi connectivity index (χ0v) is 18.5. The summed E-state index contributed by atoms with van der Waals surface area (Å²) in [4.78, 5) is 25.3. The molecule has 0 radical (unpaired) electrons. The fraction of sp³-hybridized carbons (Fsp3) is 0.0870. The van der Waals surface area contributed by atoms with Crippen LogP contribution in [0.5, 0.6) is 11.5 Å². The number of halogens is 1. The number of methoxy groups -OCH3 is 2. The van der Waals surface area contributed by atoms with Crippen LogP contribution in [0.4, 0.5) is 5.69 Å². The number of nitrogens with zero attached hydrogens (tertiary/aromatic N) is 1. The van der Waals surface area contributed by atoms with E-state index >= 15 is 0 Å². The first-order valence-corrected chi connectivity index (χ1v) is 10.0. The fourth-order valence-corrected chi connectivity index (χ4v) is 3.15. The number of carbonyl (C=O) groups excluding carboxylic acids is 2. The van der Waals surface area contributed by atoms with E-state index in [2.05, 4.69) is 31.8 Å². The second-order valence-electron chi connectivity index (χ2n) is 6.29. The molecule has 3 rings (SSSR count). The fourth-order valence-electron chi connectivity index (χ4n) is 2.76. The van der Waals surface area contributed by atoms with Gasteiger partial charge in [-0.1, -0.05) is 46.3 Å². The maximum Gasteiger partial charge on any atom is 0.273 e. The van der Waals surface area contributed by atoms with Gasteiger partial charge in [-0.2, -0.15) is 5.10 Å². The maximum atomic E-state index is 12.7. The molecule has 0 saturated carbocycles. The maximum absolute atomic E-state index is 12.7. The molecular formula is C23H20BrN3O4. The molecule has 2 N–H and O–H groups in total. The number of hydrogen-bond acceptors (Lipinski definition) is 5. The summed E-state index contributed by atoms with van der Waals surface area (Å²) >= 11 is 3.42. The van der Waals surface area contributed by atoms with Crippen LogP contribution in [0, 0.1) is 0 Å². The van der Waals surface area contributed by atoms with Crippen LogP contribution in [0.25, 0.3) is 0 Å². The minimum Gasteiger partial charge on any atom is -0.493 e. The first-order valence-electron chi connectivity index (χ1n) is 9.24. The SMILES string of the molecule is COc1ccc(C(=O)Nc2ccccc2C(=O)N/N=C/c2ccccc2Br)cc1OC. The Morgan fingerprint density at radius 3 is 2.35 bits per heavy atom. The lowest BCUT2D eigenvalue weighted by Crippen LogP contribution is -2.21. The lowest BCUT2D eigenvalue weighted by Gasteiger charge is -2.12. The van der Waals surface area contributed by atoms with E-state index in [1.54, 1.807) is 42.5 Å². The van der Waals surface area contributed by atoms with E-state index in [-0.39, 0.29) is 5.56 Å². The third kappa shape index (κ3) is 5.49. The predicted octanol–water partition coefficient (Wildman–Crippen LogP) is 4.48. The molecule has 8 heteroatoms. The number of ether oxygens (including phenoxy) is 2. The van der Waals surface area contributed by atoms with Crippen LogP contribution in [-0.2, 0) is 0 Å². The molecule has 0 spiro atoms. The van der Waals surface area contributed by atoms with E-state index in [0.717, 1.165) is 10.0 Å². The molecule has 31 heavy (non-hydrogen) atoms. The van der Waals surface area contributed by atoms with Gasteiger partial charge in [0.2, 0.25) is 0 Å². The summed E-state index contributed by atoms with van der Waals surface area (Å²) in [6.07, 6.45) is 1.53. The van der Waals surface area contributed by atoms with Gasteiger partial charge in [-0.15, -0.1) is 0 Å². The van der Waals surface area contributed by atoms with Crippen LogP contribution in [0.2, 0.25) is 0 Å². The van der Waals surface area contributed by atoms with Crippen molar-refractivity contribution in [1.82, 2.24) is 5.43 Å². The average Bonchev–Trinajstić information content (AvgIpc) is 2.80. The summed E-state index contributed by atoms with van der Waals surface area (Å²) in [5.41, 5.74) is 4.30. The number of hydrazone groups is 1. The van der Waals surface area contributed by atoms with Crippen molar-refractivity contribution in [3.8, 4) is 11.5 Å². The number of anilines is 1. The minimum absolute atomic E-state index is 0.278. The summed E-state index contributed by atoms with van der Waals surface area (Å²) < 4.78 is 11.3. The summed E-state index contributed by atoms with van der Waals surface area (Å²) in [6, 6.07) is 19.0. The molecule has 158 valence electrons. The normalized spacial score (nSPS) is 10.5. The molecule has 7 nitrogen and oxygen atoms in total. The van der Waals surface area contributed by atoms with Crippen LogP contribution in [0.15, 0.2) is 76.3 Å². The summed E-state index contributed by atoms with van der Waals surface area (Å²) in [5, 5.41) is 6.76. The highest BCUT2D eigenvalue weighted by Crippen LogP contribution is 2.28. The van der Waals surface area contributed by atoms with E-state index in [1.807, 2.05) is 24.3 Å². The Morgan fingerprint density at radius 2 is 1.61 bits per heavy atom. The molecule has 0 heterocycles. The van der Waals surface area contributed by atoms with Gasteiger partial charge in [-0.3, -0.25) is 9.59 Å². The van der Waals surface area contributed by atoms with Gasteiger partial charge in [0.1, 0.15) is 0 Å². The van der Waals surface area contributed by atoms with Gasteiger partial charge in [0.05, 0.1) is 31.7 Å². The van der Waals surface area contributed by atoms with Crippen molar-refractivity contribution in [3.63, 3.8) is 0 Å². The van der Waals surface area contributed by atoms with Crippen molar-refractivity contribution in [2.24, 2.45) is 5.10 Å². The summed E-state index contributed by atoms with van der Waals surface area (Å²) in [7, 11) is 3.01. The van der Waals surface area contributed by atoms with E-state index in [9.17, 15) is 9.59 Å². The highest BCUT2D eigenvalue weighted by molar-refractivity contribution is 9.10. The van der Waals surface area contributed by atoms with Crippen molar-refractivity contribution in [1.29, 1.82) is 0 Å². The smallest absolute Gasteiger partial charge is 0.273 e. The zero-order chi connectivity index (χ0) is 22.2. The highest BCUT2D eigenvalue weighted by Gasteiger charge is 2.15.